The van der Waals surface area contributed by atoms with Gasteiger partial charge in [-0.15, -0.1) is 0 Å². The molecule has 3 heteroatoms. The number of rotatable bonds is 2. The summed E-state index contributed by atoms with van der Waals surface area (Å²) in [5.74, 6) is 1.02. The largest absolute Gasteiger partial charge is 0.356 e. The molecule has 1 unspecified atom stereocenters. The van der Waals surface area contributed by atoms with Crippen LogP contribution in [0.15, 0.2) is 18.3 Å². The second kappa shape index (κ2) is 4.98. The van der Waals surface area contributed by atoms with Gasteiger partial charge in [0.2, 0.25) is 6.04 Å². The van der Waals surface area contributed by atoms with Crippen molar-refractivity contribution in [3.8, 4) is 0 Å². The van der Waals surface area contributed by atoms with E-state index in [9.17, 15) is 0 Å². The van der Waals surface area contributed by atoms with Crippen molar-refractivity contribution < 1.29 is 0 Å². The summed E-state index contributed by atoms with van der Waals surface area (Å²) in [5, 5.41) is 0. The molecule has 84 valence electrons. The highest BCUT2D eigenvalue weighted by molar-refractivity contribution is 5.49. The summed E-state index contributed by atoms with van der Waals surface area (Å²) in [4.78, 5) is 10.4. The number of pyridine rings is 1. The number of hydrogen-bond donors (Lipinski definition) is 0. The average molecular weight is 215 g/mol. The van der Waals surface area contributed by atoms with Gasteiger partial charge < -0.3 is 9.74 Å². The highest BCUT2D eigenvalue weighted by Crippen LogP contribution is 2.28. The first kappa shape index (κ1) is 10.9. The van der Waals surface area contributed by atoms with Crippen molar-refractivity contribution in [2.75, 3.05) is 18.0 Å². The molecule has 1 fully saturated rings. The molecule has 0 saturated carbocycles. The molecule has 1 aromatic heterocycles. The summed E-state index contributed by atoms with van der Waals surface area (Å²) < 4.78 is 0. The fourth-order valence-corrected chi connectivity index (χ4v) is 2.17. The molecule has 3 nitrogen and oxygen atoms in total. The topological polar surface area (TPSA) is 20.5 Å². The zero-order chi connectivity index (χ0) is 11.4. The molecule has 1 aliphatic heterocycles. The van der Waals surface area contributed by atoms with Crippen molar-refractivity contribution in [2.24, 2.45) is 0 Å². The molecule has 1 atom stereocenters. The smallest absolute Gasteiger partial charge is 0.249 e. The van der Waals surface area contributed by atoms with E-state index in [1.54, 1.807) is 0 Å². The van der Waals surface area contributed by atoms with Gasteiger partial charge in [0.15, 0.2) is 0 Å². The van der Waals surface area contributed by atoms with Crippen molar-refractivity contribution in [2.45, 2.75) is 32.2 Å². The Bertz CT molecular complexity index is 388. The van der Waals surface area contributed by atoms with E-state index in [2.05, 4.69) is 14.7 Å². The molecular weight excluding hydrogens is 198 g/mol. The van der Waals surface area contributed by atoms with E-state index < -0.39 is 0 Å². The molecule has 0 aromatic carbocycles. The van der Waals surface area contributed by atoms with Crippen LogP contribution < -0.4 is 4.90 Å². The maximum Gasteiger partial charge on any atom is 0.249 e. The number of anilines is 1. The quantitative estimate of drug-likeness (QED) is 0.707. The Kier molecular flexibility index (Phi) is 3.40. The van der Waals surface area contributed by atoms with Gasteiger partial charge in [0.25, 0.3) is 0 Å². The lowest BCUT2D eigenvalue weighted by atomic mass is 10.1. The third kappa shape index (κ3) is 2.16. The summed E-state index contributed by atoms with van der Waals surface area (Å²) in [6.07, 6.45) is 5.62. The Morgan fingerprint density at radius 1 is 1.38 bits per heavy atom. The molecule has 0 spiro atoms. The van der Waals surface area contributed by atoms with E-state index in [-0.39, 0.29) is 6.04 Å². The van der Waals surface area contributed by atoms with Gasteiger partial charge in [-0.25, -0.2) is 11.6 Å². The van der Waals surface area contributed by atoms with Gasteiger partial charge in [0.1, 0.15) is 5.82 Å². The molecule has 1 saturated heterocycles. The highest BCUT2D eigenvalue weighted by Gasteiger charge is 2.20. The third-order valence-corrected chi connectivity index (χ3v) is 3.12. The number of hydrogen-bond acceptors (Lipinski definition) is 2. The summed E-state index contributed by atoms with van der Waals surface area (Å²) in [5.41, 5.74) is 1.07. The fourth-order valence-electron chi connectivity index (χ4n) is 2.17. The van der Waals surface area contributed by atoms with E-state index in [4.69, 9.17) is 6.57 Å². The normalized spacial score (nSPS) is 17.9. The lowest BCUT2D eigenvalue weighted by Gasteiger charge is -2.29. The molecule has 0 bridgehead atoms. The molecule has 0 amide bonds. The Morgan fingerprint density at radius 3 is 2.81 bits per heavy atom. The van der Waals surface area contributed by atoms with Crippen molar-refractivity contribution in [1.29, 1.82) is 0 Å². The van der Waals surface area contributed by atoms with Crippen LogP contribution in [0.4, 0.5) is 5.82 Å². The first-order chi connectivity index (χ1) is 7.83. The van der Waals surface area contributed by atoms with E-state index in [1.165, 1.54) is 19.3 Å². The maximum atomic E-state index is 7.14. The van der Waals surface area contributed by atoms with Crippen LogP contribution in [0, 0.1) is 6.57 Å². The van der Waals surface area contributed by atoms with Crippen molar-refractivity contribution >= 4 is 5.82 Å². The van der Waals surface area contributed by atoms with Gasteiger partial charge >= 0.3 is 0 Å². The van der Waals surface area contributed by atoms with Crippen LogP contribution in [0.5, 0.6) is 0 Å². The predicted molar refractivity (Wildman–Crippen MR) is 65.3 cm³/mol. The van der Waals surface area contributed by atoms with E-state index >= 15 is 0 Å². The van der Waals surface area contributed by atoms with Crippen LogP contribution in [0.2, 0.25) is 0 Å². The monoisotopic (exact) mass is 215 g/mol. The summed E-state index contributed by atoms with van der Waals surface area (Å²) in [6, 6.07) is 3.86. The van der Waals surface area contributed by atoms with Crippen LogP contribution in [0.3, 0.4) is 0 Å². The predicted octanol–water partition coefficient (Wildman–Crippen LogP) is 3.05. The lowest BCUT2D eigenvalue weighted by Crippen LogP contribution is -2.31. The zero-order valence-electron chi connectivity index (χ0n) is 9.69. The lowest BCUT2D eigenvalue weighted by molar-refractivity contribution is 0.571. The van der Waals surface area contributed by atoms with Crippen LogP contribution in [-0.4, -0.2) is 18.1 Å². The first-order valence-corrected chi connectivity index (χ1v) is 5.89. The number of piperidine rings is 1. The minimum absolute atomic E-state index is 0.0920. The first-order valence-electron chi connectivity index (χ1n) is 5.89. The van der Waals surface area contributed by atoms with E-state index in [0.29, 0.717) is 0 Å². The maximum absolute atomic E-state index is 7.14. The number of nitrogens with zero attached hydrogens (tertiary/aromatic N) is 3. The average Bonchev–Trinajstić information content (AvgIpc) is 2.39. The van der Waals surface area contributed by atoms with Gasteiger partial charge in [0, 0.05) is 26.2 Å². The van der Waals surface area contributed by atoms with Crippen LogP contribution in [-0.2, 0) is 0 Å². The summed E-state index contributed by atoms with van der Waals surface area (Å²) >= 11 is 0. The van der Waals surface area contributed by atoms with E-state index in [0.717, 1.165) is 24.5 Å². The van der Waals surface area contributed by atoms with Gasteiger partial charge in [-0.2, -0.15) is 0 Å². The molecule has 1 aliphatic rings. The summed E-state index contributed by atoms with van der Waals surface area (Å²) in [7, 11) is 0. The van der Waals surface area contributed by atoms with Crippen molar-refractivity contribution in [3.63, 3.8) is 0 Å². The zero-order valence-corrected chi connectivity index (χ0v) is 9.69. The highest BCUT2D eigenvalue weighted by atomic mass is 15.2. The summed E-state index contributed by atoms with van der Waals surface area (Å²) in [6.45, 7) is 11.2. The molecular formula is C13H17N3. The molecule has 2 rings (SSSR count). The van der Waals surface area contributed by atoms with Gasteiger partial charge in [-0.3, -0.25) is 0 Å². The van der Waals surface area contributed by atoms with Crippen molar-refractivity contribution in [3.05, 3.63) is 35.3 Å². The fraction of sp³-hybridized carbons (Fsp3) is 0.538. The molecule has 2 heterocycles. The van der Waals surface area contributed by atoms with Gasteiger partial charge in [-0.05, 0) is 31.4 Å². The number of aromatic nitrogens is 1. The molecule has 1 aromatic rings. The van der Waals surface area contributed by atoms with E-state index in [1.807, 2.05) is 25.3 Å². The Balaban J connectivity index is 2.28. The van der Waals surface area contributed by atoms with Gasteiger partial charge in [-0.1, -0.05) is 0 Å². The SMILES string of the molecule is [C-]#[N+]C(C)c1cccnc1N1CCCCC1. The second-order valence-corrected chi connectivity index (χ2v) is 4.27. The molecule has 0 aliphatic carbocycles. The van der Waals surface area contributed by atoms with Crippen molar-refractivity contribution in [1.82, 2.24) is 4.98 Å². The molecule has 0 N–H and O–H groups in total. The van der Waals surface area contributed by atoms with Crippen LogP contribution >= 0.6 is 0 Å². The Morgan fingerprint density at radius 2 is 2.12 bits per heavy atom. The van der Waals surface area contributed by atoms with Crippen LogP contribution in [0.1, 0.15) is 37.8 Å². The minimum atomic E-state index is -0.0920. The Hall–Kier alpha value is -1.56. The molecule has 0 radical (unpaired) electrons. The second-order valence-electron chi connectivity index (χ2n) is 4.27. The third-order valence-electron chi connectivity index (χ3n) is 3.12. The Labute approximate surface area is 96.9 Å². The minimum Gasteiger partial charge on any atom is -0.356 e. The van der Waals surface area contributed by atoms with Crippen LogP contribution in [0.25, 0.3) is 4.85 Å². The van der Waals surface area contributed by atoms with Gasteiger partial charge in [0.05, 0.1) is 5.56 Å². The molecule has 16 heavy (non-hydrogen) atoms. The standard InChI is InChI=1S/C13H17N3/c1-11(14-2)12-7-6-8-15-13(12)16-9-4-3-5-10-16/h6-8,11H,3-5,9-10H2,1H3.